The van der Waals surface area contributed by atoms with E-state index in [9.17, 15) is 9.59 Å². The van der Waals surface area contributed by atoms with Gasteiger partial charge in [-0.15, -0.1) is 0 Å². The number of fused-ring (bicyclic) bond motifs is 1. The molecule has 1 aromatic carbocycles. The first-order valence-electron chi connectivity index (χ1n) is 11.9. The summed E-state index contributed by atoms with van der Waals surface area (Å²) in [6.07, 6.45) is 5.42. The van der Waals surface area contributed by atoms with Gasteiger partial charge in [0.15, 0.2) is 0 Å². The smallest absolute Gasteiger partial charge is 0.306 e. The first-order chi connectivity index (χ1) is 15.7. The second-order valence-electron chi connectivity index (χ2n) is 10.1. The van der Waals surface area contributed by atoms with Gasteiger partial charge in [-0.05, 0) is 58.4 Å². The summed E-state index contributed by atoms with van der Waals surface area (Å²) in [5.41, 5.74) is 1.89. The van der Waals surface area contributed by atoms with Gasteiger partial charge in [-0.1, -0.05) is 14.9 Å². The summed E-state index contributed by atoms with van der Waals surface area (Å²) in [4.78, 5) is 31.1. The van der Waals surface area contributed by atoms with E-state index in [2.05, 4.69) is 9.88 Å². The molecule has 2 aromatic rings. The molecule has 1 saturated carbocycles. The van der Waals surface area contributed by atoms with Crippen LogP contribution in [-0.4, -0.2) is 53.5 Å². The largest absolute Gasteiger partial charge is 0.488 e. The van der Waals surface area contributed by atoms with E-state index in [1.807, 2.05) is 32.9 Å². The molecule has 35 heavy (non-hydrogen) atoms. The molecule has 196 valence electrons. The van der Waals surface area contributed by atoms with Crippen molar-refractivity contribution in [3.63, 3.8) is 0 Å². The van der Waals surface area contributed by atoms with Gasteiger partial charge in [0.2, 0.25) is 0 Å². The molecule has 1 aromatic heterocycles. The van der Waals surface area contributed by atoms with Gasteiger partial charge in [-0.3, -0.25) is 9.59 Å². The molecule has 0 spiro atoms. The number of hydrogen-bond donors (Lipinski definition) is 0. The molecule has 8 heteroatoms. The van der Waals surface area contributed by atoms with E-state index in [-0.39, 0.29) is 32.5 Å². The molecule has 1 aliphatic heterocycles. The third-order valence-electron chi connectivity index (χ3n) is 6.36. The second-order valence-corrected chi connectivity index (χ2v) is 10.1. The molecule has 0 bridgehead atoms. The summed E-state index contributed by atoms with van der Waals surface area (Å²) in [5.74, 6) is 0.886. The fourth-order valence-corrected chi connectivity index (χ4v) is 4.68. The quantitative estimate of drug-likeness (QED) is 0.563. The highest BCUT2D eigenvalue weighted by atomic mass is 16.6. The van der Waals surface area contributed by atoms with Crippen LogP contribution >= 0.6 is 0 Å². The van der Waals surface area contributed by atoms with E-state index in [0.717, 1.165) is 55.5 Å². The molecule has 2 aliphatic rings. The summed E-state index contributed by atoms with van der Waals surface area (Å²) in [6.45, 7) is 8.69. The third kappa shape index (κ3) is 7.19. The van der Waals surface area contributed by atoms with Crippen molar-refractivity contribution in [3.8, 4) is 5.75 Å². The zero-order valence-electron chi connectivity index (χ0n) is 20.1. The zero-order valence-corrected chi connectivity index (χ0v) is 20.1. The van der Waals surface area contributed by atoms with Crippen molar-refractivity contribution >= 4 is 22.7 Å². The molecule has 0 unspecified atom stereocenters. The van der Waals surface area contributed by atoms with E-state index < -0.39 is 5.60 Å². The molecule has 0 atom stereocenters. The Balaban J connectivity index is 0.00000216. The fraction of sp³-hybridized carbons (Fsp3) is 0.667. The van der Waals surface area contributed by atoms with Crippen LogP contribution in [0.2, 0.25) is 0 Å². The number of carbonyl (C=O) groups excluding carboxylic acids is 1. The molecule has 1 aliphatic carbocycles. The van der Waals surface area contributed by atoms with Crippen LogP contribution in [0, 0.1) is 5.92 Å². The molecule has 1 saturated heterocycles. The van der Waals surface area contributed by atoms with Crippen molar-refractivity contribution < 1.29 is 19.0 Å². The third-order valence-corrected chi connectivity index (χ3v) is 6.36. The number of nitrogens with zero attached hydrogens (tertiary/aromatic N) is 3. The number of morpholine rings is 1. The highest BCUT2D eigenvalue weighted by molar-refractivity contribution is 5.86. The van der Waals surface area contributed by atoms with Gasteiger partial charge >= 0.3 is 5.97 Å². The minimum absolute atomic E-state index is 0. The van der Waals surface area contributed by atoms with Gasteiger partial charge in [0, 0.05) is 38.3 Å². The van der Waals surface area contributed by atoms with Crippen LogP contribution in [-0.2, 0) is 21.3 Å². The molecule has 0 radical (unpaired) electrons. The maximum Gasteiger partial charge on any atom is 0.306 e. The molecular weight excluding hydrogens is 446 g/mol. The number of aryl methyl sites for hydroxylation is 1. The van der Waals surface area contributed by atoms with Crippen LogP contribution in [0.15, 0.2) is 23.1 Å². The maximum absolute atomic E-state index is 12.3. The lowest BCUT2D eigenvalue weighted by Gasteiger charge is -2.31. The first-order valence-corrected chi connectivity index (χ1v) is 11.9. The van der Waals surface area contributed by atoms with Crippen LogP contribution in [0.3, 0.4) is 0 Å². The topological polar surface area (TPSA) is 82.9 Å². The Kier molecular flexibility index (Phi) is 9.72. The maximum atomic E-state index is 12.3. The van der Waals surface area contributed by atoms with Gasteiger partial charge in [-0.25, -0.2) is 4.98 Å². The Labute approximate surface area is 209 Å². The number of benzene rings is 1. The summed E-state index contributed by atoms with van der Waals surface area (Å²) >= 11 is 0. The number of carbonyl (C=O) groups is 1. The molecule has 8 nitrogen and oxygen atoms in total. The number of rotatable bonds is 5. The number of hydrogen-bond acceptors (Lipinski definition) is 7. The summed E-state index contributed by atoms with van der Waals surface area (Å²) in [6, 6.07) is 4.05. The summed E-state index contributed by atoms with van der Waals surface area (Å²) in [5, 5.41) is 0. The monoisotopic (exact) mass is 489 g/mol. The van der Waals surface area contributed by atoms with Crippen LogP contribution in [0.5, 0.6) is 5.75 Å². The van der Waals surface area contributed by atoms with Crippen molar-refractivity contribution in [2.24, 2.45) is 13.0 Å². The minimum atomic E-state index is -0.450. The Morgan fingerprint density at radius 2 is 1.77 bits per heavy atom. The lowest BCUT2D eigenvalue weighted by molar-refractivity contribution is -0.156. The predicted octanol–water partition coefficient (Wildman–Crippen LogP) is 4.71. The highest BCUT2D eigenvalue weighted by Crippen LogP contribution is 2.35. The van der Waals surface area contributed by atoms with Gasteiger partial charge in [0.05, 0.1) is 31.0 Å². The van der Waals surface area contributed by atoms with Gasteiger partial charge < -0.3 is 23.7 Å². The fourth-order valence-electron chi connectivity index (χ4n) is 4.68. The highest BCUT2D eigenvalue weighted by Gasteiger charge is 2.27. The Morgan fingerprint density at radius 3 is 2.40 bits per heavy atom. The van der Waals surface area contributed by atoms with E-state index in [4.69, 9.17) is 14.2 Å². The first kappa shape index (κ1) is 28.6. The number of esters is 1. The molecule has 2 fully saturated rings. The van der Waals surface area contributed by atoms with Crippen LogP contribution < -0.4 is 15.2 Å². The van der Waals surface area contributed by atoms with Gasteiger partial charge in [0.1, 0.15) is 16.9 Å². The lowest BCUT2D eigenvalue weighted by atomic mass is 9.85. The Bertz CT molecular complexity index is 1050. The van der Waals surface area contributed by atoms with Crippen molar-refractivity contribution in [3.05, 3.63) is 28.7 Å². The molecule has 0 amide bonds. The minimum Gasteiger partial charge on any atom is -0.488 e. The van der Waals surface area contributed by atoms with E-state index in [1.165, 1.54) is 6.20 Å². The molecule has 0 N–H and O–H groups in total. The summed E-state index contributed by atoms with van der Waals surface area (Å²) in [7, 11) is 1.76. The lowest BCUT2D eigenvalue weighted by Crippen LogP contribution is -2.36. The van der Waals surface area contributed by atoms with Gasteiger partial charge in [0.25, 0.3) is 5.56 Å². The predicted molar refractivity (Wildman–Crippen MR) is 140 cm³/mol. The number of anilines is 1. The average molecular weight is 490 g/mol. The summed E-state index contributed by atoms with van der Waals surface area (Å²) < 4.78 is 19.1. The standard InChI is InChI=1S/C25H35N3O5.2CH4/c1-25(2,3)33-23(30)13-17-5-7-19(8-6-17)32-21-15-18(28-9-11-31-12-10-28)14-20-24(21)27(4)22(29)16-26-20;;/h14-17,19H,5-13H2,1-4H3;2*1H4. The molecule has 2 heterocycles. The SMILES string of the molecule is C.C.Cn1c(=O)cnc2cc(N3CCOCC3)cc(OC3CCC(CC(=O)OC(C)(C)C)CC3)c21. The van der Waals surface area contributed by atoms with E-state index in [0.29, 0.717) is 31.3 Å². The second kappa shape index (κ2) is 11.9. The van der Waals surface area contributed by atoms with Crippen molar-refractivity contribution in [2.75, 3.05) is 31.2 Å². The van der Waals surface area contributed by atoms with Gasteiger partial charge in [-0.2, -0.15) is 0 Å². The Morgan fingerprint density at radius 1 is 1.11 bits per heavy atom. The Hall–Kier alpha value is -2.61. The van der Waals surface area contributed by atoms with Crippen molar-refractivity contribution in [2.45, 2.75) is 79.4 Å². The van der Waals surface area contributed by atoms with E-state index in [1.54, 1.807) is 11.6 Å². The van der Waals surface area contributed by atoms with Crippen LogP contribution in [0.25, 0.3) is 11.0 Å². The average Bonchev–Trinajstić information content (AvgIpc) is 2.77. The number of ether oxygens (including phenoxy) is 3. The van der Waals surface area contributed by atoms with E-state index >= 15 is 0 Å². The van der Waals surface area contributed by atoms with Crippen LogP contribution in [0.1, 0.15) is 67.7 Å². The van der Waals surface area contributed by atoms with Crippen molar-refractivity contribution in [1.82, 2.24) is 9.55 Å². The normalized spacial score (nSPS) is 20.5. The van der Waals surface area contributed by atoms with Crippen LogP contribution in [0.4, 0.5) is 5.69 Å². The molecule has 4 rings (SSSR count). The van der Waals surface area contributed by atoms with Crippen molar-refractivity contribution in [1.29, 1.82) is 0 Å². The zero-order chi connectivity index (χ0) is 23.6. The number of aromatic nitrogens is 2. The molecular formula is C27H43N3O5.